The van der Waals surface area contributed by atoms with Crippen LogP contribution in [0.5, 0.6) is 0 Å². The van der Waals surface area contributed by atoms with Crippen molar-refractivity contribution in [1.82, 2.24) is 30.0 Å². The van der Waals surface area contributed by atoms with E-state index < -0.39 is 0 Å². The van der Waals surface area contributed by atoms with Crippen molar-refractivity contribution >= 4 is 34.3 Å². The Morgan fingerprint density at radius 1 is 1.00 bits per heavy atom. The molecule has 5 rings (SSSR count). The van der Waals surface area contributed by atoms with E-state index >= 15 is 0 Å². The van der Waals surface area contributed by atoms with Crippen LogP contribution in [0.25, 0.3) is 10.9 Å². The van der Waals surface area contributed by atoms with Crippen molar-refractivity contribution in [2.45, 2.75) is 51.6 Å². The lowest BCUT2D eigenvalue weighted by Crippen LogP contribution is -2.35. The topological polar surface area (TPSA) is 95.8 Å². The molecule has 9 nitrogen and oxygen atoms in total. The summed E-state index contributed by atoms with van der Waals surface area (Å²) in [5.41, 5.74) is 1.06. The van der Waals surface area contributed by atoms with E-state index in [-0.39, 0.29) is 6.04 Å². The van der Waals surface area contributed by atoms with Gasteiger partial charge < -0.3 is 20.9 Å². The molecule has 0 spiro atoms. The molecular weight excluding hydrogens is 390 g/mol. The van der Waals surface area contributed by atoms with Crippen molar-refractivity contribution in [1.29, 1.82) is 0 Å². The molecule has 2 saturated heterocycles. The first-order valence-corrected chi connectivity index (χ1v) is 11.4. The Morgan fingerprint density at radius 3 is 2.55 bits per heavy atom. The van der Waals surface area contributed by atoms with Crippen LogP contribution in [0.2, 0.25) is 0 Å². The van der Waals surface area contributed by atoms with Gasteiger partial charge in [-0.1, -0.05) is 0 Å². The molecule has 0 radical (unpaired) electrons. The fourth-order valence-electron chi connectivity index (χ4n) is 4.36. The molecule has 2 aliphatic heterocycles. The summed E-state index contributed by atoms with van der Waals surface area (Å²) in [5.74, 6) is 3.18. The highest BCUT2D eigenvalue weighted by molar-refractivity contribution is 5.81. The van der Waals surface area contributed by atoms with E-state index in [2.05, 4.69) is 44.8 Å². The molecule has 0 atom stereocenters. The Balaban J connectivity index is 1.44. The van der Waals surface area contributed by atoms with Crippen molar-refractivity contribution in [3.05, 3.63) is 24.5 Å². The van der Waals surface area contributed by atoms with Crippen molar-refractivity contribution in [3.8, 4) is 0 Å². The molecule has 2 aliphatic rings. The van der Waals surface area contributed by atoms with Crippen LogP contribution >= 0.6 is 0 Å². The van der Waals surface area contributed by atoms with E-state index in [4.69, 9.17) is 9.97 Å². The largest absolute Gasteiger partial charge is 0.367 e. The van der Waals surface area contributed by atoms with E-state index in [1.807, 2.05) is 29.2 Å². The number of hydrogen-bond donors (Lipinski definition) is 3. The third-order valence-electron chi connectivity index (χ3n) is 6.02. The maximum Gasteiger partial charge on any atom is 0.229 e. The molecule has 3 N–H and O–H groups in total. The van der Waals surface area contributed by atoms with E-state index in [1.165, 1.54) is 12.8 Å². The number of hydrogen-bond acceptors (Lipinski definition) is 8. The second kappa shape index (κ2) is 8.66. The SMILES string of the molecule is CC(C)n1ncc2cnc(Nc3cc(NC4CCNCC4)nc(N4CCCC4)n3)cc21. The van der Waals surface area contributed by atoms with Gasteiger partial charge in [0.05, 0.1) is 11.7 Å². The van der Waals surface area contributed by atoms with Gasteiger partial charge in [0.2, 0.25) is 5.95 Å². The van der Waals surface area contributed by atoms with E-state index in [0.717, 1.165) is 73.3 Å². The number of anilines is 4. The summed E-state index contributed by atoms with van der Waals surface area (Å²) in [4.78, 5) is 16.5. The minimum absolute atomic E-state index is 0.286. The van der Waals surface area contributed by atoms with Gasteiger partial charge in [-0.25, -0.2) is 4.98 Å². The van der Waals surface area contributed by atoms with Gasteiger partial charge in [0, 0.05) is 48.9 Å². The molecule has 9 heteroatoms. The number of pyridine rings is 1. The van der Waals surface area contributed by atoms with E-state index in [9.17, 15) is 0 Å². The summed E-state index contributed by atoms with van der Waals surface area (Å²) in [6.07, 6.45) is 8.31. The fourth-order valence-corrected chi connectivity index (χ4v) is 4.36. The van der Waals surface area contributed by atoms with Crippen LogP contribution in [0.15, 0.2) is 24.5 Å². The molecule has 3 aromatic rings. The highest BCUT2D eigenvalue weighted by Crippen LogP contribution is 2.26. The van der Waals surface area contributed by atoms with Crippen LogP contribution in [0, 0.1) is 0 Å². The second-order valence-electron chi connectivity index (χ2n) is 8.74. The van der Waals surface area contributed by atoms with Crippen LogP contribution in [-0.4, -0.2) is 57.0 Å². The first-order valence-electron chi connectivity index (χ1n) is 11.4. The highest BCUT2D eigenvalue weighted by Gasteiger charge is 2.19. The maximum atomic E-state index is 4.84. The zero-order valence-electron chi connectivity index (χ0n) is 18.3. The van der Waals surface area contributed by atoms with Crippen LogP contribution in [0.3, 0.4) is 0 Å². The van der Waals surface area contributed by atoms with Crippen LogP contribution < -0.4 is 20.9 Å². The van der Waals surface area contributed by atoms with Crippen molar-refractivity contribution < 1.29 is 0 Å². The minimum Gasteiger partial charge on any atom is -0.367 e. The number of rotatable bonds is 6. The summed E-state index contributed by atoms with van der Waals surface area (Å²) in [7, 11) is 0. The van der Waals surface area contributed by atoms with E-state index in [1.54, 1.807) is 0 Å². The minimum atomic E-state index is 0.286. The standard InChI is InChI=1S/C22H31N9/c1-15(2)31-18-11-19(24-13-16(18)14-25-31)27-21-12-20(26-17-5-7-23-8-6-17)28-22(29-21)30-9-3-4-10-30/h11-15,17,23H,3-10H2,1-2H3,(H2,24,26,27,28,29). The van der Waals surface area contributed by atoms with Crippen LogP contribution in [0.4, 0.5) is 23.4 Å². The van der Waals surface area contributed by atoms with Gasteiger partial charge >= 0.3 is 0 Å². The Labute approximate surface area is 182 Å². The third kappa shape index (κ3) is 4.41. The Hall–Kier alpha value is -2.94. The lowest BCUT2D eigenvalue weighted by atomic mass is 10.1. The predicted molar refractivity (Wildman–Crippen MR) is 124 cm³/mol. The number of aromatic nitrogens is 5. The molecule has 0 aromatic carbocycles. The summed E-state index contributed by atoms with van der Waals surface area (Å²) in [6.45, 7) is 8.36. The third-order valence-corrected chi connectivity index (χ3v) is 6.02. The maximum absolute atomic E-state index is 4.84. The second-order valence-corrected chi connectivity index (χ2v) is 8.74. The summed E-state index contributed by atoms with van der Waals surface area (Å²) >= 11 is 0. The van der Waals surface area contributed by atoms with Gasteiger partial charge in [-0.2, -0.15) is 15.1 Å². The van der Waals surface area contributed by atoms with Gasteiger partial charge in [-0.15, -0.1) is 0 Å². The fraction of sp³-hybridized carbons (Fsp3) is 0.545. The van der Waals surface area contributed by atoms with Crippen molar-refractivity contribution in [3.63, 3.8) is 0 Å². The Bertz CT molecular complexity index is 1030. The first kappa shape index (κ1) is 20.0. The molecule has 0 bridgehead atoms. The predicted octanol–water partition coefficient (Wildman–Crippen LogP) is 3.31. The lowest BCUT2D eigenvalue weighted by Gasteiger charge is -2.25. The molecule has 0 aliphatic carbocycles. The molecule has 0 unspecified atom stereocenters. The molecule has 0 amide bonds. The molecule has 0 saturated carbocycles. The first-order chi connectivity index (χ1) is 15.2. The van der Waals surface area contributed by atoms with Crippen molar-refractivity contribution in [2.24, 2.45) is 0 Å². The van der Waals surface area contributed by atoms with Gasteiger partial charge in [0.15, 0.2) is 0 Å². The number of piperidine rings is 1. The summed E-state index contributed by atoms with van der Waals surface area (Å²) in [6, 6.07) is 4.76. The average molecular weight is 422 g/mol. The normalized spacial score (nSPS) is 17.6. The van der Waals surface area contributed by atoms with Gasteiger partial charge in [-0.05, 0) is 52.6 Å². The van der Waals surface area contributed by atoms with Gasteiger partial charge in [0.1, 0.15) is 17.5 Å². The van der Waals surface area contributed by atoms with Gasteiger partial charge in [-0.3, -0.25) is 4.68 Å². The lowest BCUT2D eigenvalue weighted by molar-refractivity contribution is 0.478. The zero-order chi connectivity index (χ0) is 21.2. The number of nitrogens with one attached hydrogen (secondary N) is 3. The summed E-state index contributed by atoms with van der Waals surface area (Å²) < 4.78 is 2.02. The zero-order valence-corrected chi connectivity index (χ0v) is 18.3. The summed E-state index contributed by atoms with van der Waals surface area (Å²) in [5, 5.41) is 16.0. The molecule has 2 fully saturated rings. The Morgan fingerprint density at radius 2 is 1.77 bits per heavy atom. The van der Waals surface area contributed by atoms with Crippen LogP contribution in [-0.2, 0) is 0 Å². The average Bonchev–Trinajstić information content (AvgIpc) is 3.44. The molecule has 5 heterocycles. The number of nitrogens with zero attached hydrogens (tertiary/aromatic N) is 6. The monoisotopic (exact) mass is 421 g/mol. The molecule has 31 heavy (non-hydrogen) atoms. The molecule has 164 valence electrons. The van der Waals surface area contributed by atoms with Gasteiger partial charge in [0.25, 0.3) is 0 Å². The van der Waals surface area contributed by atoms with Crippen molar-refractivity contribution in [2.75, 3.05) is 41.7 Å². The smallest absolute Gasteiger partial charge is 0.229 e. The quantitative estimate of drug-likeness (QED) is 0.558. The van der Waals surface area contributed by atoms with E-state index in [0.29, 0.717) is 6.04 Å². The highest BCUT2D eigenvalue weighted by atomic mass is 15.3. The Kier molecular flexibility index (Phi) is 5.59. The van der Waals surface area contributed by atoms with Crippen LogP contribution in [0.1, 0.15) is 45.6 Å². The number of fused-ring (bicyclic) bond motifs is 1. The molecule has 3 aromatic heterocycles. The molecular formula is C22H31N9.